The van der Waals surface area contributed by atoms with Crippen molar-refractivity contribution in [1.29, 1.82) is 0 Å². The van der Waals surface area contributed by atoms with Crippen molar-refractivity contribution in [1.82, 2.24) is 4.90 Å². The maximum atomic E-state index is 12.4. The van der Waals surface area contributed by atoms with Crippen molar-refractivity contribution in [3.8, 4) is 0 Å². The minimum Gasteiger partial charge on any atom is -0.465 e. The van der Waals surface area contributed by atoms with E-state index in [1.807, 2.05) is 6.92 Å². The molecule has 0 heterocycles. The van der Waals surface area contributed by atoms with Crippen molar-refractivity contribution in [3.05, 3.63) is 246 Å². The SMILES string of the molecule is CC(CO)(CO)COC(=O)CCCC1=C2C=CC3=C4C(=CC=C(C=C1)C24)CC=C3.CCC(CO)(CO)C(=O)OCCCS(=O)(=O)O.CCC(CO)(CO)COC(=O)CCCC1=C2C=CC3=C4C(=CC=C(C=C1)C24)CC=C3.O=C(CCCC1=C2C=CC3=C4C(=CC=C(C=C1)C24)CC=C3)N(CCO)CCO. The molecule has 3 unspecified atom stereocenters. The number of allylic oxidation sites excluding steroid dienone is 42. The summed E-state index contributed by atoms with van der Waals surface area (Å²) in [5.74, 6) is -0.862. The number of carbonyl (C=O) groups excluding carboxylic acids is 4. The standard InChI is InChI=1S/C26H30O4.C25H28O4.C24H27NO3.C9H18O7S/c1-2-26(15-27,16-28)17-30-23(29)8-4-5-18-9-10-21-12-11-19-6-3-7-20-13-14-22(18)25(21)24(19)20;1-25(14-26,15-27)16-29-22(28)7-3-4-17-8-9-20-11-10-18-5-2-6-19-12-13-21(17)24(20)23(18)19;26-15-13-25(14-16-27)22(28)6-2-3-17-7-8-20-10-9-18-4-1-5-19-11-12-21(17)24(20)23(18)19;1-2-9(6-10,7-11)8(12)16-4-3-5-17(13,14)15/h3,7,9-14,25,27-28H,2,4-6,8,15-17H2,1H3;2,6,8-13,24,26-27H,3-5,7,14-16H2,1H3;1,5,7-12,24,26-27H,2-4,6,13-16H2;10-11H,2-7H2,1H3,(H,13,14,15). The highest BCUT2D eigenvalue weighted by Crippen LogP contribution is 2.52. The van der Waals surface area contributed by atoms with Gasteiger partial charge in [-0.3, -0.25) is 23.7 Å². The smallest absolute Gasteiger partial charge is 0.316 e. The highest BCUT2D eigenvalue weighted by molar-refractivity contribution is 7.85. The number of aliphatic hydroxyl groups excluding tert-OH is 8. The minimum atomic E-state index is -4.06. The van der Waals surface area contributed by atoms with E-state index in [0.717, 1.165) is 44.9 Å². The van der Waals surface area contributed by atoms with Crippen molar-refractivity contribution in [3.63, 3.8) is 0 Å². The van der Waals surface area contributed by atoms with Crippen molar-refractivity contribution < 1.29 is 87.2 Å². The van der Waals surface area contributed by atoms with E-state index in [-0.39, 0.29) is 103 Å². The lowest BCUT2D eigenvalue weighted by atomic mass is 9.67. The van der Waals surface area contributed by atoms with Gasteiger partial charge in [0.25, 0.3) is 10.1 Å². The lowest BCUT2D eigenvalue weighted by Gasteiger charge is -2.36. The van der Waals surface area contributed by atoms with E-state index < -0.39 is 51.3 Å². The molecule has 558 valence electrons. The third-order valence-corrected chi connectivity index (χ3v) is 22.2. The molecule has 0 bridgehead atoms. The van der Waals surface area contributed by atoms with Crippen LogP contribution >= 0.6 is 0 Å². The second kappa shape index (κ2) is 37.3. The van der Waals surface area contributed by atoms with Crippen LogP contribution in [-0.4, -0.2) is 174 Å². The van der Waals surface area contributed by atoms with E-state index in [0.29, 0.717) is 56.3 Å². The van der Waals surface area contributed by atoms with Gasteiger partial charge in [-0.25, -0.2) is 0 Å². The normalized spacial score (nSPS) is 20.1. The Balaban J connectivity index is 0.000000164. The number of hydrogen-bond acceptors (Lipinski definition) is 17. The first-order chi connectivity index (χ1) is 50.2. The van der Waals surface area contributed by atoms with E-state index >= 15 is 0 Å². The number of rotatable bonds is 33. The van der Waals surface area contributed by atoms with Gasteiger partial charge < -0.3 is 60.0 Å². The monoisotopic (exact) mass is 1450 g/mol. The molecule has 0 aromatic rings. The van der Waals surface area contributed by atoms with Crippen molar-refractivity contribution in [2.24, 2.45) is 34.0 Å². The third-order valence-electron chi connectivity index (χ3n) is 21.4. The first-order valence-electron chi connectivity index (χ1n) is 36.5. The van der Waals surface area contributed by atoms with E-state index in [1.165, 1.54) is 100 Å². The van der Waals surface area contributed by atoms with Crippen LogP contribution in [0.25, 0.3) is 0 Å². The number of ether oxygens (including phenoxy) is 3. The fourth-order valence-corrected chi connectivity index (χ4v) is 15.0. The lowest BCUT2D eigenvalue weighted by molar-refractivity contribution is -0.162. The predicted octanol–water partition coefficient (Wildman–Crippen LogP) is 10.5. The Hall–Kier alpha value is -7.99. The number of aliphatic hydroxyl groups is 8. The highest BCUT2D eigenvalue weighted by Gasteiger charge is 2.40. The second-order valence-corrected chi connectivity index (χ2v) is 30.0. The van der Waals surface area contributed by atoms with Crippen LogP contribution in [0.4, 0.5) is 0 Å². The summed E-state index contributed by atoms with van der Waals surface area (Å²) in [5.41, 5.74) is 21.6. The van der Waals surface area contributed by atoms with Gasteiger partial charge in [0.1, 0.15) is 18.6 Å². The molecule has 1 amide bonds. The van der Waals surface area contributed by atoms with Gasteiger partial charge in [-0.15, -0.1) is 0 Å². The van der Waals surface area contributed by atoms with Crippen LogP contribution < -0.4 is 0 Å². The molecule has 0 aromatic carbocycles. The highest BCUT2D eigenvalue weighted by atomic mass is 32.2. The van der Waals surface area contributed by atoms with E-state index in [4.69, 9.17) is 39.2 Å². The molecule has 3 atom stereocenters. The Labute approximate surface area is 611 Å². The third kappa shape index (κ3) is 19.4. The molecule has 104 heavy (non-hydrogen) atoms. The van der Waals surface area contributed by atoms with Gasteiger partial charge in [0, 0.05) is 55.5 Å². The van der Waals surface area contributed by atoms with Gasteiger partial charge in [0.15, 0.2) is 0 Å². The van der Waals surface area contributed by atoms with Crippen molar-refractivity contribution in [2.75, 3.05) is 91.5 Å². The van der Waals surface area contributed by atoms with Gasteiger partial charge in [-0.1, -0.05) is 167 Å². The quantitative estimate of drug-likeness (QED) is 0.0128. The Morgan fingerprint density at radius 3 is 1.23 bits per heavy atom. The Morgan fingerprint density at radius 1 is 0.471 bits per heavy atom. The number of amides is 1. The molecule has 0 saturated heterocycles. The summed E-state index contributed by atoms with van der Waals surface area (Å²) in [7, 11) is -4.06. The molecule has 20 heteroatoms. The molecular formula is C84H103NO18S. The summed E-state index contributed by atoms with van der Waals surface area (Å²) < 4.78 is 44.5. The number of hydrogen-bond donors (Lipinski definition) is 9. The molecule has 12 rings (SSSR count). The summed E-state index contributed by atoms with van der Waals surface area (Å²) in [5, 5.41) is 73.8. The van der Waals surface area contributed by atoms with E-state index in [2.05, 4.69) is 146 Å². The summed E-state index contributed by atoms with van der Waals surface area (Å²) in [4.78, 5) is 49.7. The second-order valence-electron chi connectivity index (χ2n) is 28.5. The van der Waals surface area contributed by atoms with Gasteiger partial charge >= 0.3 is 17.9 Å². The zero-order valence-electron chi connectivity index (χ0n) is 60.1. The zero-order valence-corrected chi connectivity index (χ0v) is 61.0. The zero-order chi connectivity index (χ0) is 74.6. The molecule has 12 aliphatic rings. The topological polar surface area (TPSA) is 315 Å². The fourth-order valence-electron chi connectivity index (χ4n) is 14.6. The summed E-state index contributed by atoms with van der Waals surface area (Å²) in [6.07, 6.45) is 63.0. The lowest BCUT2D eigenvalue weighted by Crippen LogP contribution is -2.39. The first-order valence-corrected chi connectivity index (χ1v) is 38.1. The van der Waals surface area contributed by atoms with E-state index in [9.17, 15) is 48.0 Å². The summed E-state index contributed by atoms with van der Waals surface area (Å²) in [6, 6.07) is 0. The maximum absolute atomic E-state index is 12.4. The number of esters is 3. The molecule has 0 radical (unpaired) electrons. The number of carbonyl (C=O) groups is 4. The van der Waals surface area contributed by atoms with Crippen LogP contribution in [-0.2, 0) is 43.5 Å². The summed E-state index contributed by atoms with van der Waals surface area (Å²) >= 11 is 0. The summed E-state index contributed by atoms with van der Waals surface area (Å²) in [6.45, 7) is 3.58. The van der Waals surface area contributed by atoms with Crippen LogP contribution in [0.1, 0.15) is 117 Å². The van der Waals surface area contributed by atoms with Gasteiger partial charge in [-0.05, 0) is 177 Å². The van der Waals surface area contributed by atoms with Crippen LogP contribution in [0.5, 0.6) is 0 Å². The molecule has 9 N–H and O–H groups in total. The fraction of sp³-hybridized carbons (Fsp3) is 0.452. The Bertz CT molecular complexity index is 4050. The minimum absolute atomic E-state index is 0.00133. The van der Waals surface area contributed by atoms with E-state index in [1.54, 1.807) is 18.7 Å². The predicted molar refractivity (Wildman–Crippen MR) is 400 cm³/mol. The Kier molecular flexibility index (Phi) is 28.7. The van der Waals surface area contributed by atoms with Crippen molar-refractivity contribution in [2.45, 2.75) is 117 Å². The molecule has 0 spiro atoms. The van der Waals surface area contributed by atoms with Crippen molar-refractivity contribution >= 4 is 33.9 Å². The average molecular weight is 1450 g/mol. The van der Waals surface area contributed by atoms with Gasteiger partial charge in [0.05, 0.1) is 70.6 Å². The van der Waals surface area contributed by atoms with Crippen LogP contribution in [0.2, 0.25) is 0 Å². The average Bonchev–Trinajstić information content (AvgIpc) is 0.756. The molecule has 0 saturated carbocycles. The molecule has 0 aliphatic heterocycles. The maximum Gasteiger partial charge on any atom is 0.316 e. The van der Waals surface area contributed by atoms with Gasteiger partial charge in [0.2, 0.25) is 5.91 Å². The van der Waals surface area contributed by atoms with Gasteiger partial charge in [-0.2, -0.15) is 8.42 Å². The molecular weight excluding hydrogens is 1340 g/mol. The molecule has 12 aliphatic carbocycles. The first kappa shape index (κ1) is 80.1. The molecule has 0 fully saturated rings. The largest absolute Gasteiger partial charge is 0.465 e. The molecule has 0 aromatic heterocycles. The van der Waals surface area contributed by atoms with Crippen LogP contribution in [0, 0.1) is 34.0 Å². The van der Waals surface area contributed by atoms with Crippen LogP contribution in [0.3, 0.4) is 0 Å². The van der Waals surface area contributed by atoms with Crippen LogP contribution in [0.15, 0.2) is 246 Å². The Morgan fingerprint density at radius 2 is 0.875 bits per heavy atom. The molecule has 19 nitrogen and oxygen atoms in total. The number of nitrogens with zero attached hydrogens (tertiary/aromatic N) is 1.